The molecule has 3 heterocycles. The van der Waals surface area contributed by atoms with Gasteiger partial charge in [0.15, 0.2) is 0 Å². The van der Waals surface area contributed by atoms with Crippen LogP contribution in [-0.2, 0) is 5.41 Å². The zero-order chi connectivity index (χ0) is 30.5. The monoisotopic (exact) mass is 582 g/mol. The van der Waals surface area contributed by atoms with Crippen molar-refractivity contribution in [1.29, 1.82) is 0 Å². The van der Waals surface area contributed by atoms with Crippen molar-refractivity contribution in [2.45, 2.75) is 52.8 Å². The summed E-state index contributed by atoms with van der Waals surface area (Å²) in [4.78, 5) is 14.9. The summed E-state index contributed by atoms with van der Waals surface area (Å²) in [5.41, 5.74) is 9.52. The van der Waals surface area contributed by atoms with Gasteiger partial charge in [0.1, 0.15) is 17.1 Å². The van der Waals surface area contributed by atoms with Gasteiger partial charge in [-0.2, -0.15) is 0 Å². The molecule has 0 spiro atoms. The Morgan fingerprint density at radius 3 is 2.19 bits per heavy atom. The van der Waals surface area contributed by atoms with Crippen LogP contribution >= 0.6 is 0 Å². The van der Waals surface area contributed by atoms with Crippen LogP contribution in [-0.4, -0.2) is 32.7 Å². The second-order valence-corrected chi connectivity index (χ2v) is 18.5. The number of pyridine rings is 2. The molecule has 6 heteroatoms. The molecule has 0 aliphatic heterocycles. The summed E-state index contributed by atoms with van der Waals surface area (Å²) in [6.07, 6.45) is 5.81. The molecule has 0 atom stereocenters. The van der Waals surface area contributed by atoms with Crippen LogP contribution in [0, 0.1) is 6.92 Å². The third kappa shape index (κ3) is 5.51. The molecule has 0 saturated carbocycles. The van der Waals surface area contributed by atoms with E-state index in [1.165, 1.54) is 10.8 Å². The average Bonchev–Trinajstić information content (AvgIpc) is 3.37. The van der Waals surface area contributed by atoms with Crippen LogP contribution in [0.1, 0.15) is 31.9 Å². The molecule has 0 aliphatic carbocycles. The second-order valence-electron chi connectivity index (χ2n) is 13.4. The zero-order valence-corrected chi connectivity index (χ0v) is 27.0. The summed E-state index contributed by atoms with van der Waals surface area (Å²) in [6, 6.07) is 26.9. The minimum atomic E-state index is -1.46. The highest BCUT2D eigenvalue weighted by Crippen LogP contribution is 2.39. The lowest BCUT2D eigenvalue weighted by molar-refractivity contribution is 0.476. The Hall–Kier alpha value is -4.55. The van der Waals surface area contributed by atoms with Crippen LogP contribution in [0.4, 0.5) is 0 Å². The predicted molar refractivity (Wildman–Crippen MR) is 181 cm³/mol. The predicted octanol–water partition coefficient (Wildman–Crippen LogP) is 8.67. The first-order valence-corrected chi connectivity index (χ1v) is 18.2. The third-order valence-corrected chi connectivity index (χ3v) is 10.0. The fourth-order valence-electron chi connectivity index (χ4n) is 5.43. The van der Waals surface area contributed by atoms with Gasteiger partial charge in [-0.25, -0.2) is 4.98 Å². The maximum Gasteiger partial charge on any atom is 0.149 e. The van der Waals surface area contributed by atoms with E-state index in [-0.39, 0.29) is 11.2 Å². The van der Waals surface area contributed by atoms with Gasteiger partial charge in [-0.05, 0) is 71.1 Å². The van der Waals surface area contributed by atoms with E-state index in [1.807, 2.05) is 49.6 Å². The molecule has 1 N–H and O–H groups in total. The molecule has 0 aliphatic rings. The fraction of sp³-hybridized carbons (Fsp3) is 0.216. The standard InChI is InChI=1S/C37H38N4OSi/c1-24-13-16-34(42)30(17-24)36-40-35-31(22-38-23-33(35)41(36)28-11-9-8-10-12-28)25-18-26(20-27(19-25)37(2,3)4)32-15-14-29(21-39-32)43(5,6)7/h8-23,42H,1-7H3. The summed E-state index contributed by atoms with van der Waals surface area (Å²) in [5.74, 6) is 0.866. The van der Waals surface area contributed by atoms with Crippen LogP contribution in [0.15, 0.2) is 97.5 Å². The SMILES string of the molecule is Cc1ccc(O)c(-c2nc3c(-c4cc(-c5ccc([Si](C)(C)C)cn5)cc(C(C)(C)C)c4)cncc3n2-c2ccccc2)c1. The van der Waals surface area contributed by atoms with E-state index in [0.717, 1.165) is 44.7 Å². The van der Waals surface area contributed by atoms with Gasteiger partial charge in [0.25, 0.3) is 0 Å². The number of nitrogens with zero attached hydrogens (tertiary/aromatic N) is 4. The van der Waals surface area contributed by atoms with Gasteiger partial charge in [0.2, 0.25) is 0 Å². The molecule has 43 heavy (non-hydrogen) atoms. The smallest absolute Gasteiger partial charge is 0.149 e. The van der Waals surface area contributed by atoms with Crippen LogP contribution in [0.3, 0.4) is 0 Å². The molecule has 0 fully saturated rings. The average molecular weight is 583 g/mol. The quantitative estimate of drug-likeness (QED) is 0.207. The lowest BCUT2D eigenvalue weighted by Gasteiger charge is -2.22. The molecule has 0 radical (unpaired) electrons. The number of aryl methyl sites for hydroxylation is 1. The van der Waals surface area contributed by atoms with Crippen molar-refractivity contribution in [2.75, 3.05) is 0 Å². The van der Waals surface area contributed by atoms with Crippen molar-refractivity contribution in [3.8, 4) is 45.2 Å². The van der Waals surface area contributed by atoms with Crippen LogP contribution in [0.25, 0.3) is 50.5 Å². The molecule has 5 nitrogen and oxygen atoms in total. The lowest BCUT2D eigenvalue weighted by atomic mass is 9.84. The molecule has 0 saturated heterocycles. The largest absolute Gasteiger partial charge is 0.507 e. The van der Waals surface area contributed by atoms with Crippen LogP contribution < -0.4 is 5.19 Å². The lowest BCUT2D eigenvalue weighted by Crippen LogP contribution is -2.37. The Kier molecular flexibility index (Phi) is 7.05. The number of para-hydroxylation sites is 1. The Morgan fingerprint density at radius 1 is 0.767 bits per heavy atom. The van der Waals surface area contributed by atoms with Crippen LogP contribution in [0.5, 0.6) is 5.75 Å². The Balaban J connectivity index is 1.61. The number of aromatic hydroxyl groups is 1. The minimum absolute atomic E-state index is 0.0771. The summed E-state index contributed by atoms with van der Waals surface area (Å²) < 4.78 is 2.09. The van der Waals surface area contributed by atoms with Crippen molar-refractivity contribution >= 4 is 24.3 Å². The van der Waals surface area contributed by atoms with Crippen molar-refractivity contribution in [3.63, 3.8) is 0 Å². The molecule has 6 aromatic rings. The van der Waals surface area contributed by atoms with Gasteiger partial charge in [0, 0.05) is 29.2 Å². The van der Waals surface area contributed by atoms with E-state index in [2.05, 4.69) is 93.6 Å². The first-order chi connectivity index (χ1) is 20.4. The molecular formula is C37H38N4OSi. The number of fused-ring (bicyclic) bond motifs is 1. The highest BCUT2D eigenvalue weighted by molar-refractivity contribution is 6.88. The number of aromatic nitrogens is 4. The third-order valence-electron chi connectivity index (χ3n) is 8.01. The molecule has 216 valence electrons. The van der Waals surface area contributed by atoms with Gasteiger partial charge in [0.05, 0.1) is 31.0 Å². The first kappa shape index (κ1) is 28.6. The number of imidazole rings is 1. The Morgan fingerprint density at radius 2 is 1.51 bits per heavy atom. The van der Waals surface area contributed by atoms with E-state index < -0.39 is 8.07 Å². The number of phenolic OH excluding ortho intramolecular Hbond substituents is 1. The Bertz CT molecular complexity index is 1950. The van der Waals surface area contributed by atoms with Gasteiger partial charge < -0.3 is 5.11 Å². The zero-order valence-electron chi connectivity index (χ0n) is 26.0. The van der Waals surface area contributed by atoms with Gasteiger partial charge >= 0.3 is 0 Å². The fourth-order valence-corrected chi connectivity index (χ4v) is 6.46. The second kappa shape index (κ2) is 10.6. The topological polar surface area (TPSA) is 63.8 Å². The van der Waals surface area contributed by atoms with Gasteiger partial charge in [-0.15, -0.1) is 0 Å². The molecule has 0 unspecified atom stereocenters. The van der Waals surface area contributed by atoms with E-state index in [0.29, 0.717) is 11.4 Å². The minimum Gasteiger partial charge on any atom is -0.507 e. The van der Waals surface area contributed by atoms with Crippen molar-refractivity contribution < 1.29 is 5.11 Å². The van der Waals surface area contributed by atoms with Gasteiger partial charge in [-0.3, -0.25) is 14.5 Å². The number of hydrogen-bond donors (Lipinski definition) is 1. The highest BCUT2D eigenvalue weighted by Gasteiger charge is 2.23. The maximum absolute atomic E-state index is 11.0. The molecule has 3 aromatic heterocycles. The summed E-state index contributed by atoms with van der Waals surface area (Å²) in [6.45, 7) is 15.8. The van der Waals surface area contributed by atoms with Crippen LogP contribution in [0.2, 0.25) is 19.6 Å². The number of rotatable bonds is 5. The van der Waals surface area contributed by atoms with E-state index >= 15 is 0 Å². The summed E-state index contributed by atoms with van der Waals surface area (Å²) in [5, 5.41) is 12.3. The van der Waals surface area contributed by atoms with E-state index in [4.69, 9.17) is 15.0 Å². The summed E-state index contributed by atoms with van der Waals surface area (Å²) in [7, 11) is -1.46. The maximum atomic E-state index is 11.0. The van der Waals surface area contributed by atoms with E-state index in [9.17, 15) is 5.11 Å². The van der Waals surface area contributed by atoms with Crippen molar-refractivity contribution in [2.24, 2.45) is 0 Å². The van der Waals surface area contributed by atoms with Crippen molar-refractivity contribution in [1.82, 2.24) is 19.5 Å². The number of hydrogen-bond acceptors (Lipinski definition) is 4. The molecular weight excluding hydrogens is 545 g/mol. The summed E-state index contributed by atoms with van der Waals surface area (Å²) >= 11 is 0. The van der Waals surface area contributed by atoms with Crippen molar-refractivity contribution in [3.05, 3.63) is 109 Å². The normalized spacial score (nSPS) is 12.2. The number of benzene rings is 3. The van der Waals surface area contributed by atoms with Gasteiger partial charge in [-0.1, -0.05) is 82.4 Å². The number of phenols is 1. The molecule has 0 bridgehead atoms. The highest BCUT2D eigenvalue weighted by atomic mass is 28.3. The molecule has 0 amide bonds. The molecule has 6 rings (SSSR count). The molecule has 3 aromatic carbocycles. The van der Waals surface area contributed by atoms with E-state index in [1.54, 1.807) is 6.07 Å². The Labute approximate surface area is 255 Å². The first-order valence-electron chi connectivity index (χ1n) is 14.7.